The van der Waals surface area contributed by atoms with Crippen LogP contribution in [-0.4, -0.2) is 28.5 Å². The highest BCUT2D eigenvalue weighted by molar-refractivity contribution is 7.11. The summed E-state index contributed by atoms with van der Waals surface area (Å²) in [6, 6.07) is 6.32. The second kappa shape index (κ2) is 6.25. The fourth-order valence-electron chi connectivity index (χ4n) is 1.56. The van der Waals surface area contributed by atoms with Crippen molar-refractivity contribution in [3.63, 3.8) is 0 Å². The van der Waals surface area contributed by atoms with Crippen molar-refractivity contribution in [3.05, 3.63) is 51.7 Å². The van der Waals surface area contributed by atoms with Crippen molar-refractivity contribution in [2.75, 3.05) is 6.54 Å². The molecule has 0 spiro atoms. The Morgan fingerprint density at radius 2 is 2.10 bits per heavy atom. The van der Waals surface area contributed by atoms with Crippen molar-refractivity contribution < 1.29 is 19.1 Å². The standard InChI is InChI=1S/C13H11FN2O3S/c14-9-4-2-1-3-8(9)5-6-15-11(17)12-16-10(7-20-12)13(18)19/h1-4,7H,5-6H2,(H,15,17)(H,18,19). The van der Waals surface area contributed by atoms with Crippen molar-refractivity contribution in [2.24, 2.45) is 0 Å². The van der Waals surface area contributed by atoms with E-state index in [0.717, 1.165) is 11.3 Å². The molecule has 2 aromatic rings. The topological polar surface area (TPSA) is 79.3 Å². The van der Waals surface area contributed by atoms with Crippen LogP contribution in [0.2, 0.25) is 0 Å². The second-order valence-corrected chi connectivity index (χ2v) is 4.80. The Hall–Kier alpha value is -2.28. The maximum Gasteiger partial charge on any atom is 0.355 e. The van der Waals surface area contributed by atoms with Crippen molar-refractivity contribution in [1.82, 2.24) is 10.3 Å². The van der Waals surface area contributed by atoms with Gasteiger partial charge in [-0.3, -0.25) is 4.79 Å². The monoisotopic (exact) mass is 294 g/mol. The van der Waals surface area contributed by atoms with Crippen LogP contribution < -0.4 is 5.32 Å². The number of halogens is 1. The summed E-state index contributed by atoms with van der Waals surface area (Å²) in [6.07, 6.45) is 0.357. The van der Waals surface area contributed by atoms with E-state index < -0.39 is 11.9 Å². The number of aromatic nitrogens is 1. The number of carbonyl (C=O) groups is 2. The minimum Gasteiger partial charge on any atom is -0.476 e. The van der Waals surface area contributed by atoms with Crippen LogP contribution in [0.15, 0.2) is 29.6 Å². The first-order chi connectivity index (χ1) is 9.58. The fourth-order valence-corrected chi connectivity index (χ4v) is 2.27. The van der Waals surface area contributed by atoms with Gasteiger partial charge in [0.25, 0.3) is 5.91 Å². The molecule has 0 fully saturated rings. The zero-order valence-electron chi connectivity index (χ0n) is 10.3. The normalized spacial score (nSPS) is 10.2. The smallest absolute Gasteiger partial charge is 0.355 e. The third-order valence-electron chi connectivity index (χ3n) is 2.56. The highest BCUT2D eigenvalue weighted by atomic mass is 32.1. The number of thiazole rings is 1. The Morgan fingerprint density at radius 3 is 2.75 bits per heavy atom. The summed E-state index contributed by atoms with van der Waals surface area (Å²) in [7, 11) is 0. The first-order valence-electron chi connectivity index (χ1n) is 5.78. The Bertz CT molecular complexity index is 642. The minimum atomic E-state index is -1.17. The van der Waals surface area contributed by atoms with Gasteiger partial charge in [0, 0.05) is 11.9 Å². The first kappa shape index (κ1) is 14.1. The molecule has 0 aliphatic carbocycles. The van der Waals surface area contributed by atoms with Gasteiger partial charge in [-0.05, 0) is 18.1 Å². The van der Waals surface area contributed by atoms with Gasteiger partial charge in [-0.25, -0.2) is 14.2 Å². The van der Waals surface area contributed by atoms with Crippen molar-refractivity contribution in [1.29, 1.82) is 0 Å². The summed E-state index contributed by atoms with van der Waals surface area (Å²) in [5.41, 5.74) is 0.354. The quantitative estimate of drug-likeness (QED) is 0.883. The van der Waals surface area contributed by atoms with Gasteiger partial charge in [0.1, 0.15) is 5.82 Å². The molecule has 0 aliphatic heterocycles. The zero-order valence-corrected chi connectivity index (χ0v) is 11.1. The maximum absolute atomic E-state index is 13.3. The molecule has 1 heterocycles. The highest BCUT2D eigenvalue weighted by Crippen LogP contribution is 2.10. The van der Waals surface area contributed by atoms with Crippen LogP contribution in [0.3, 0.4) is 0 Å². The van der Waals surface area contributed by atoms with Crippen LogP contribution in [-0.2, 0) is 6.42 Å². The second-order valence-electron chi connectivity index (χ2n) is 3.94. The number of hydrogen-bond donors (Lipinski definition) is 2. The summed E-state index contributed by atoms with van der Waals surface area (Å²) in [6.45, 7) is 0.252. The van der Waals surface area contributed by atoms with E-state index in [1.807, 2.05) is 0 Å². The number of carboxylic acid groups (broad SMARTS) is 1. The number of rotatable bonds is 5. The summed E-state index contributed by atoms with van der Waals surface area (Å²) in [4.78, 5) is 26.0. The number of benzene rings is 1. The molecule has 0 radical (unpaired) electrons. The van der Waals surface area contributed by atoms with Gasteiger partial charge in [-0.15, -0.1) is 11.3 Å². The molecule has 0 aliphatic rings. The van der Waals surface area contributed by atoms with Gasteiger partial charge in [0.2, 0.25) is 0 Å². The molecule has 0 saturated heterocycles. The third kappa shape index (κ3) is 3.39. The van der Waals surface area contributed by atoms with Gasteiger partial charge < -0.3 is 10.4 Å². The Kier molecular flexibility index (Phi) is 4.41. The first-order valence-corrected chi connectivity index (χ1v) is 6.66. The fraction of sp³-hybridized carbons (Fsp3) is 0.154. The Balaban J connectivity index is 1.89. The van der Waals surface area contributed by atoms with Gasteiger partial charge >= 0.3 is 5.97 Å². The average molecular weight is 294 g/mol. The zero-order chi connectivity index (χ0) is 14.5. The van der Waals surface area contributed by atoms with Gasteiger partial charge in [0.05, 0.1) is 0 Å². The van der Waals surface area contributed by atoms with E-state index in [-0.39, 0.29) is 23.1 Å². The molecule has 0 saturated carbocycles. The lowest BCUT2D eigenvalue weighted by Crippen LogP contribution is -2.25. The lowest BCUT2D eigenvalue weighted by atomic mass is 10.1. The molecule has 7 heteroatoms. The molecule has 2 N–H and O–H groups in total. The van der Waals surface area contributed by atoms with Crippen LogP contribution in [0, 0.1) is 5.82 Å². The van der Waals surface area contributed by atoms with E-state index in [2.05, 4.69) is 10.3 Å². The molecule has 104 valence electrons. The number of carboxylic acids is 1. The van der Waals surface area contributed by atoms with E-state index in [1.54, 1.807) is 18.2 Å². The predicted octanol–water partition coefficient (Wildman–Crippen LogP) is 1.95. The molecule has 20 heavy (non-hydrogen) atoms. The van der Waals surface area contributed by atoms with Gasteiger partial charge in [-0.1, -0.05) is 18.2 Å². The lowest BCUT2D eigenvalue weighted by Gasteiger charge is -2.04. The van der Waals surface area contributed by atoms with E-state index in [1.165, 1.54) is 11.4 Å². The van der Waals surface area contributed by atoms with Crippen LogP contribution in [0.1, 0.15) is 25.9 Å². The van der Waals surface area contributed by atoms with E-state index >= 15 is 0 Å². The van der Waals surface area contributed by atoms with Crippen molar-refractivity contribution in [2.45, 2.75) is 6.42 Å². The Morgan fingerprint density at radius 1 is 1.35 bits per heavy atom. The average Bonchev–Trinajstić information content (AvgIpc) is 2.91. The van der Waals surface area contributed by atoms with Crippen LogP contribution in [0.4, 0.5) is 4.39 Å². The van der Waals surface area contributed by atoms with E-state index in [0.29, 0.717) is 12.0 Å². The predicted molar refractivity (Wildman–Crippen MR) is 71.5 cm³/mol. The lowest BCUT2D eigenvalue weighted by molar-refractivity contribution is 0.0691. The summed E-state index contributed by atoms with van der Waals surface area (Å²) < 4.78 is 13.3. The number of nitrogens with zero attached hydrogens (tertiary/aromatic N) is 1. The maximum atomic E-state index is 13.3. The molecule has 2 rings (SSSR count). The number of aromatic carboxylic acids is 1. The molecule has 1 aromatic carbocycles. The molecular weight excluding hydrogens is 283 g/mol. The number of hydrogen-bond acceptors (Lipinski definition) is 4. The van der Waals surface area contributed by atoms with Crippen molar-refractivity contribution in [3.8, 4) is 0 Å². The molecule has 0 unspecified atom stereocenters. The molecule has 0 atom stereocenters. The number of carbonyl (C=O) groups excluding carboxylic acids is 1. The number of amides is 1. The SMILES string of the molecule is O=C(O)c1csc(C(=O)NCCc2ccccc2F)n1. The summed E-state index contributed by atoms with van der Waals surface area (Å²) in [5.74, 6) is -1.95. The molecule has 0 bridgehead atoms. The molecular formula is C13H11FN2O3S. The van der Waals surface area contributed by atoms with E-state index in [4.69, 9.17) is 5.11 Å². The number of nitrogens with one attached hydrogen (secondary N) is 1. The van der Waals surface area contributed by atoms with Gasteiger partial charge in [-0.2, -0.15) is 0 Å². The van der Waals surface area contributed by atoms with Crippen LogP contribution in [0.5, 0.6) is 0 Å². The van der Waals surface area contributed by atoms with Crippen LogP contribution >= 0.6 is 11.3 Å². The van der Waals surface area contributed by atoms with Crippen LogP contribution in [0.25, 0.3) is 0 Å². The largest absolute Gasteiger partial charge is 0.476 e. The summed E-state index contributed by atoms with van der Waals surface area (Å²) >= 11 is 0.957. The third-order valence-corrected chi connectivity index (χ3v) is 3.40. The molecule has 1 aromatic heterocycles. The van der Waals surface area contributed by atoms with Crippen molar-refractivity contribution >= 4 is 23.2 Å². The highest BCUT2D eigenvalue weighted by Gasteiger charge is 2.14. The molecule has 5 nitrogen and oxygen atoms in total. The molecule has 1 amide bonds. The van der Waals surface area contributed by atoms with E-state index in [9.17, 15) is 14.0 Å². The minimum absolute atomic E-state index is 0.0796. The van der Waals surface area contributed by atoms with Gasteiger partial charge in [0.15, 0.2) is 10.7 Å². The summed E-state index contributed by atoms with van der Waals surface area (Å²) in [5, 5.41) is 12.7. The Labute approximate surface area is 118 Å².